The number of rotatable bonds is 2. The highest BCUT2D eigenvalue weighted by Gasteiger charge is 2.31. The summed E-state index contributed by atoms with van der Waals surface area (Å²) in [6.45, 7) is 4.34. The first-order valence-electron chi connectivity index (χ1n) is 10.4. The van der Waals surface area contributed by atoms with Crippen LogP contribution >= 0.6 is 15.9 Å². The van der Waals surface area contributed by atoms with Gasteiger partial charge < -0.3 is 15.0 Å². The van der Waals surface area contributed by atoms with Crippen molar-refractivity contribution in [3.05, 3.63) is 64.3 Å². The highest BCUT2D eigenvalue weighted by atomic mass is 79.9. The Labute approximate surface area is 189 Å². The summed E-state index contributed by atoms with van der Waals surface area (Å²) in [6.07, 6.45) is 2.51. The summed E-state index contributed by atoms with van der Waals surface area (Å²) in [5.74, 6) is 0.865. The number of fused-ring (bicyclic) bond motifs is 2. The van der Waals surface area contributed by atoms with E-state index in [0.29, 0.717) is 12.1 Å². The number of nitrogens with one attached hydrogen (secondary N) is 1. The van der Waals surface area contributed by atoms with Gasteiger partial charge in [-0.25, -0.2) is 4.99 Å². The Kier molecular flexibility index (Phi) is 5.34. The number of aromatic nitrogens is 1. The van der Waals surface area contributed by atoms with Gasteiger partial charge in [0.2, 0.25) is 0 Å². The van der Waals surface area contributed by atoms with Crippen molar-refractivity contribution < 1.29 is 4.74 Å². The zero-order chi connectivity index (χ0) is 21.4. The smallest absolute Gasteiger partial charge is 0.133 e. The fourth-order valence-corrected chi connectivity index (χ4v) is 4.95. The molecule has 2 unspecified atom stereocenters. The Morgan fingerprint density at radius 1 is 1.19 bits per heavy atom. The number of hydrogen-bond donors (Lipinski definition) is 1. The highest BCUT2D eigenvalue weighted by Crippen LogP contribution is 2.32. The zero-order valence-corrected chi connectivity index (χ0v) is 18.8. The molecule has 0 aliphatic carbocycles. The summed E-state index contributed by atoms with van der Waals surface area (Å²) in [5.41, 5.74) is 4.60. The Bertz CT molecular complexity index is 1220. The van der Waals surface area contributed by atoms with E-state index in [4.69, 9.17) is 9.73 Å². The van der Waals surface area contributed by atoms with E-state index in [1.165, 1.54) is 5.56 Å². The fraction of sp³-hybridized carbons (Fsp3) is 0.292. The molecule has 0 amide bonds. The van der Waals surface area contributed by atoms with Crippen molar-refractivity contribution in [2.24, 2.45) is 4.99 Å². The summed E-state index contributed by atoms with van der Waals surface area (Å²) < 4.78 is 7.41. The van der Waals surface area contributed by atoms with Gasteiger partial charge in [0.15, 0.2) is 0 Å². The van der Waals surface area contributed by atoms with Gasteiger partial charge >= 0.3 is 0 Å². The van der Waals surface area contributed by atoms with E-state index >= 15 is 0 Å². The maximum absolute atomic E-state index is 9.47. The molecular formula is C24H22BrN5O. The largest absolute Gasteiger partial charge is 0.371 e. The molecule has 6 nitrogen and oxygen atoms in total. The van der Waals surface area contributed by atoms with Crippen LogP contribution in [0.2, 0.25) is 0 Å². The molecule has 1 N–H and O–H groups in total. The molecule has 1 saturated heterocycles. The van der Waals surface area contributed by atoms with Crippen LogP contribution in [0.4, 0.5) is 11.4 Å². The number of anilines is 1. The van der Waals surface area contributed by atoms with Crippen LogP contribution in [-0.2, 0) is 11.2 Å². The highest BCUT2D eigenvalue weighted by molar-refractivity contribution is 9.10. The maximum Gasteiger partial charge on any atom is 0.133 e. The number of pyridine rings is 1. The standard InChI is InChI=1S/C24H22BrN5O/c1-15-13-30(21-8-7-16(12-26)23-18(21)4-3-10-27-23)14-22(31-15)24-28-11-9-17-19(25)5-2-6-20(17)29-24/h2-8,10,15,22H,9,11,13-14H2,1H3,(H,28,29). The molecule has 7 heteroatoms. The lowest BCUT2D eigenvalue weighted by molar-refractivity contribution is 0.0190. The number of aliphatic imine (C=N–C) groups is 1. The Balaban J connectivity index is 1.51. The number of benzene rings is 2. The summed E-state index contributed by atoms with van der Waals surface area (Å²) >= 11 is 3.65. The fourth-order valence-electron chi connectivity index (χ4n) is 4.39. The zero-order valence-electron chi connectivity index (χ0n) is 17.2. The van der Waals surface area contributed by atoms with E-state index in [2.05, 4.69) is 56.3 Å². The molecule has 2 aliphatic heterocycles. The molecule has 2 atom stereocenters. The third-order valence-corrected chi connectivity index (χ3v) is 6.53. The van der Waals surface area contributed by atoms with Crippen molar-refractivity contribution >= 4 is 44.0 Å². The van der Waals surface area contributed by atoms with Crippen LogP contribution in [0.1, 0.15) is 18.1 Å². The van der Waals surface area contributed by atoms with Crippen molar-refractivity contribution in [1.29, 1.82) is 5.26 Å². The van der Waals surface area contributed by atoms with Gasteiger partial charge in [-0.2, -0.15) is 5.26 Å². The Morgan fingerprint density at radius 3 is 2.97 bits per heavy atom. The maximum atomic E-state index is 9.47. The first kappa shape index (κ1) is 20.0. The monoisotopic (exact) mass is 475 g/mol. The van der Waals surface area contributed by atoms with Crippen LogP contribution in [0.3, 0.4) is 0 Å². The van der Waals surface area contributed by atoms with Gasteiger partial charge in [-0.15, -0.1) is 0 Å². The van der Waals surface area contributed by atoms with Crippen molar-refractivity contribution in [3.63, 3.8) is 0 Å². The van der Waals surface area contributed by atoms with Gasteiger partial charge in [0.05, 0.1) is 29.4 Å². The van der Waals surface area contributed by atoms with Crippen LogP contribution < -0.4 is 10.2 Å². The van der Waals surface area contributed by atoms with Gasteiger partial charge in [0, 0.05) is 34.8 Å². The molecule has 2 aliphatic rings. The average Bonchev–Trinajstić information content (AvgIpc) is 3.01. The third-order valence-electron chi connectivity index (χ3n) is 5.79. The molecule has 156 valence electrons. The SMILES string of the molecule is CC1CN(c2ccc(C#N)c3ncccc23)CC(C2=Nc3cccc(Br)c3CCN2)O1. The Morgan fingerprint density at radius 2 is 2.10 bits per heavy atom. The van der Waals surface area contributed by atoms with E-state index in [1.54, 1.807) is 6.20 Å². The lowest BCUT2D eigenvalue weighted by Gasteiger charge is -2.39. The summed E-state index contributed by atoms with van der Waals surface area (Å²) in [6, 6.07) is 16.2. The second-order valence-corrected chi connectivity index (χ2v) is 8.75. The number of morpholine rings is 1. The van der Waals surface area contributed by atoms with Crippen LogP contribution in [0.25, 0.3) is 10.9 Å². The third kappa shape index (κ3) is 3.78. The minimum absolute atomic E-state index is 0.0378. The number of ether oxygens (including phenoxy) is 1. The summed E-state index contributed by atoms with van der Waals surface area (Å²) in [5, 5.41) is 13.9. The summed E-state index contributed by atoms with van der Waals surface area (Å²) in [7, 11) is 0. The van der Waals surface area contributed by atoms with E-state index in [1.807, 2.05) is 30.3 Å². The van der Waals surface area contributed by atoms with E-state index in [-0.39, 0.29) is 12.2 Å². The van der Waals surface area contributed by atoms with Crippen molar-refractivity contribution in [2.45, 2.75) is 25.6 Å². The predicted molar refractivity (Wildman–Crippen MR) is 126 cm³/mol. The molecule has 0 radical (unpaired) electrons. The predicted octanol–water partition coefficient (Wildman–Crippen LogP) is 4.34. The Hall–Kier alpha value is -2.95. The molecule has 0 bridgehead atoms. The minimum Gasteiger partial charge on any atom is -0.371 e. The average molecular weight is 476 g/mol. The van der Waals surface area contributed by atoms with Gasteiger partial charge in [0.1, 0.15) is 18.0 Å². The minimum atomic E-state index is -0.170. The molecule has 5 rings (SSSR count). The molecule has 3 heterocycles. The molecule has 31 heavy (non-hydrogen) atoms. The van der Waals surface area contributed by atoms with Gasteiger partial charge in [-0.3, -0.25) is 4.98 Å². The molecule has 2 aromatic carbocycles. The first-order valence-corrected chi connectivity index (χ1v) is 11.2. The van der Waals surface area contributed by atoms with Crippen LogP contribution in [0.15, 0.2) is 58.1 Å². The van der Waals surface area contributed by atoms with E-state index < -0.39 is 0 Å². The van der Waals surface area contributed by atoms with Gasteiger partial charge in [0.25, 0.3) is 0 Å². The van der Waals surface area contributed by atoms with Crippen molar-refractivity contribution in [3.8, 4) is 6.07 Å². The molecule has 1 aromatic heterocycles. The van der Waals surface area contributed by atoms with Gasteiger partial charge in [-0.05, 0) is 55.3 Å². The number of hydrogen-bond acceptors (Lipinski definition) is 6. The number of halogens is 1. The van der Waals surface area contributed by atoms with Crippen LogP contribution in [0.5, 0.6) is 0 Å². The number of nitriles is 1. The molecular weight excluding hydrogens is 454 g/mol. The van der Waals surface area contributed by atoms with E-state index in [0.717, 1.165) is 52.1 Å². The number of nitrogens with zero attached hydrogens (tertiary/aromatic N) is 4. The van der Waals surface area contributed by atoms with Crippen LogP contribution in [0, 0.1) is 11.3 Å². The lowest BCUT2D eigenvalue weighted by Crippen LogP contribution is -2.53. The molecule has 0 saturated carbocycles. The molecule has 3 aromatic rings. The number of amidine groups is 1. The second-order valence-electron chi connectivity index (χ2n) is 7.90. The topological polar surface area (TPSA) is 73.5 Å². The quantitative estimate of drug-likeness (QED) is 0.596. The molecule has 1 fully saturated rings. The van der Waals surface area contributed by atoms with E-state index in [9.17, 15) is 5.26 Å². The van der Waals surface area contributed by atoms with Crippen LogP contribution in [-0.4, -0.2) is 42.7 Å². The lowest BCUT2D eigenvalue weighted by atomic mass is 10.1. The first-order chi connectivity index (χ1) is 15.1. The van der Waals surface area contributed by atoms with Gasteiger partial charge in [-0.1, -0.05) is 22.0 Å². The second kappa shape index (κ2) is 8.29. The molecule has 0 spiro atoms. The normalized spacial score (nSPS) is 20.9. The van der Waals surface area contributed by atoms with Crippen molar-refractivity contribution in [2.75, 3.05) is 24.5 Å². The summed E-state index contributed by atoms with van der Waals surface area (Å²) in [4.78, 5) is 11.7. The van der Waals surface area contributed by atoms with Crippen molar-refractivity contribution in [1.82, 2.24) is 10.3 Å².